The van der Waals surface area contributed by atoms with Gasteiger partial charge in [-0.05, 0) is 49.2 Å². The molecule has 0 unspecified atom stereocenters. The number of aryl methyl sites for hydroxylation is 2. The molecule has 1 fully saturated rings. The summed E-state index contributed by atoms with van der Waals surface area (Å²) in [6, 6.07) is 10.0. The summed E-state index contributed by atoms with van der Waals surface area (Å²) >= 11 is 12.0. The van der Waals surface area contributed by atoms with Crippen LogP contribution >= 0.6 is 23.2 Å². The van der Waals surface area contributed by atoms with E-state index in [1.807, 2.05) is 32.0 Å². The SMILES string of the molecule is Cc1ccc(C)c(N[C@@H]2CC(=O)N(c3ccc(Cl)cc3Cl)C2=O)c1. The molecule has 0 radical (unpaired) electrons. The van der Waals surface area contributed by atoms with Gasteiger partial charge in [0.2, 0.25) is 5.91 Å². The molecule has 1 saturated heterocycles. The van der Waals surface area contributed by atoms with Gasteiger partial charge in [-0.3, -0.25) is 9.59 Å². The molecule has 1 heterocycles. The molecule has 24 heavy (non-hydrogen) atoms. The first-order valence-electron chi connectivity index (χ1n) is 7.52. The Morgan fingerprint density at radius 3 is 2.54 bits per heavy atom. The Kier molecular flexibility index (Phi) is 4.52. The Morgan fingerprint density at radius 1 is 1.08 bits per heavy atom. The van der Waals surface area contributed by atoms with Crippen LogP contribution in [-0.4, -0.2) is 17.9 Å². The van der Waals surface area contributed by atoms with Gasteiger partial charge in [-0.2, -0.15) is 0 Å². The molecule has 0 bridgehead atoms. The lowest BCUT2D eigenvalue weighted by molar-refractivity contribution is -0.121. The molecular formula is C18H16Cl2N2O2. The van der Waals surface area contributed by atoms with Gasteiger partial charge >= 0.3 is 0 Å². The van der Waals surface area contributed by atoms with Crippen LogP contribution in [0.1, 0.15) is 17.5 Å². The van der Waals surface area contributed by atoms with Crippen LogP contribution in [0.4, 0.5) is 11.4 Å². The summed E-state index contributed by atoms with van der Waals surface area (Å²) in [7, 11) is 0. The summed E-state index contributed by atoms with van der Waals surface area (Å²) in [5.41, 5.74) is 3.31. The van der Waals surface area contributed by atoms with Gasteiger partial charge in [-0.25, -0.2) is 4.90 Å². The van der Waals surface area contributed by atoms with Gasteiger partial charge in [-0.15, -0.1) is 0 Å². The van der Waals surface area contributed by atoms with E-state index < -0.39 is 6.04 Å². The Morgan fingerprint density at radius 2 is 1.83 bits per heavy atom. The summed E-state index contributed by atoms with van der Waals surface area (Å²) < 4.78 is 0. The highest BCUT2D eigenvalue weighted by molar-refractivity contribution is 6.38. The maximum atomic E-state index is 12.7. The highest BCUT2D eigenvalue weighted by Gasteiger charge is 2.40. The number of hydrogen-bond acceptors (Lipinski definition) is 3. The number of amides is 2. The van der Waals surface area contributed by atoms with Crippen LogP contribution in [-0.2, 0) is 9.59 Å². The molecular weight excluding hydrogens is 347 g/mol. The van der Waals surface area contributed by atoms with Gasteiger partial charge in [0, 0.05) is 10.7 Å². The molecule has 2 aromatic rings. The van der Waals surface area contributed by atoms with Crippen LogP contribution in [0, 0.1) is 13.8 Å². The molecule has 0 spiro atoms. The zero-order valence-electron chi connectivity index (χ0n) is 13.3. The topological polar surface area (TPSA) is 49.4 Å². The van der Waals surface area contributed by atoms with Gasteiger partial charge < -0.3 is 5.32 Å². The lowest BCUT2D eigenvalue weighted by atomic mass is 10.1. The van der Waals surface area contributed by atoms with Crippen molar-refractivity contribution in [2.24, 2.45) is 0 Å². The van der Waals surface area contributed by atoms with E-state index in [0.717, 1.165) is 21.7 Å². The standard InChI is InChI=1S/C18H16Cl2N2O2/c1-10-3-4-11(2)14(7-10)21-15-9-17(23)22(18(15)24)16-6-5-12(19)8-13(16)20/h3-8,15,21H,9H2,1-2H3/t15-/m1/s1. The third-order valence-corrected chi connectivity index (χ3v) is 4.56. The highest BCUT2D eigenvalue weighted by atomic mass is 35.5. The minimum absolute atomic E-state index is 0.0885. The van der Waals surface area contributed by atoms with Crippen molar-refractivity contribution in [3.8, 4) is 0 Å². The zero-order valence-corrected chi connectivity index (χ0v) is 14.8. The summed E-state index contributed by atoms with van der Waals surface area (Å²) in [6.07, 6.45) is 0.0885. The van der Waals surface area contributed by atoms with Crippen LogP contribution in [0.2, 0.25) is 10.0 Å². The molecule has 4 nitrogen and oxygen atoms in total. The second-order valence-corrected chi connectivity index (χ2v) is 6.73. The van der Waals surface area contributed by atoms with Crippen molar-refractivity contribution in [2.75, 3.05) is 10.2 Å². The van der Waals surface area contributed by atoms with Crippen molar-refractivity contribution in [3.05, 3.63) is 57.6 Å². The zero-order chi connectivity index (χ0) is 17.4. The maximum Gasteiger partial charge on any atom is 0.256 e. The molecule has 1 aliphatic heterocycles. The van der Waals surface area contributed by atoms with Crippen molar-refractivity contribution in [1.82, 2.24) is 0 Å². The number of carbonyl (C=O) groups is 2. The number of nitrogens with zero attached hydrogens (tertiary/aromatic N) is 1. The van der Waals surface area contributed by atoms with Gasteiger partial charge in [-0.1, -0.05) is 35.3 Å². The lowest BCUT2D eigenvalue weighted by Crippen LogP contribution is -2.35. The maximum absolute atomic E-state index is 12.7. The average molecular weight is 363 g/mol. The van der Waals surface area contributed by atoms with Gasteiger partial charge in [0.1, 0.15) is 6.04 Å². The summed E-state index contributed by atoms with van der Waals surface area (Å²) in [5.74, 6) is -0.600. The largest absolute Gasteiger partial charge is 0.373 e. The van der Waals surface area contributed by atoms with E-state index in [0.29, 0.717) is 10.7 Å². The van der Waals surface area contributed by atoms with Crippen molar-refractivity contribution in [2.45, 2.75) is 26.3 Å². The molecule has 0 aliphatic carbocycles. The molecule has 3 rings (SSSR count). The molecule has 2 aromatic carbocycles. The van der Waals surface area contributed by atoms with Crippen LogP contribution < -0.4 is 10.2 Å². The van der Waals surface area contributed by atoms with Crippen molar-refractivity contribution in [3.63, 3.8) is 0 Å². The van der Waals surface area contributed by atoms with E-state index in [2.05, 4.69) is 5.32 Å². The number of hydrogen-bond donors (Lipinski definition) is 1. The smallest absolute Gasteiger partial charge is 0.256 e. The molecule has 2 amide bonds. The normalized spacial score (nSPS) is 17.5. The molecule has 0 aromatic heterocycles. The number of halogens is 2. The van der Waals surface area contributed by atoms with E-state index in [1.165, 1.54) is 6.07 Å². The minimum atomic E-state index is -0.607. The fraction of sp³-hybridized carbons (Fsp3) is 0.222. The number of imide groups is 1. The lowest BCUT2D eigenvalue weighted by Gasteiger charge is -2.18. The van der Waals surface area contributed by atoms with Crippen LogP contribution in [0.3, 0.4) is 0 Å². The Hall–Kier alpha value is -2.04. The van der Waals surface area contributed by atoms with E-state index in [-0.39, 0.29) is 23.3 Å². The quantitative estimate of drug-likeness (QED) is 0.825. The monoisotopic (exact) mass is 362 g/mol. The van der Waals surface area contributed by atoms with Gasteiger partial charge in [0.25, 0.3) is 5.91 Å². The third-order valence-electron chi connectivity index (χ3n) is 4.02. The number of carbonyl (C=O) groups excluding carboxylic acids is 2. The van der Waals surface area contributed by atoms with Crippen LogP contribution in [0.15, 0.2) is 36.4 Å². The second kappa shape index (κ2) is 6.46. The van der Waals surface area contributed by atoms with Crippen molar-refractivity contribution >= 4 is 46.4 Å². The van der Waals surface area contributed by atoms with Crippen molar-refractivity contribution in [1.29, 1.82) is 0 Å². The summed E-state index contributed by atoms with van der Waals surface area (Å²) in [4.78, 5) is 26.2. The fourth-order valence-electron chi connectivity index (χ4n) is 2.74. The average Bonchev–Trinajstić information content (AvgIpc) is 2.78. The van der Waals surface area contributed by atoms with Gasteiger partial charge in [0.05, 0.1) is 17.1 Å². The summed E-state index contributed by atoms with van der Waals surface area (Å²) in [6.45, 7) is 3.93. The Balaban J connectivity index is 1.87. The van der Waals surface area contributed by atoms with Crippen LogP contribution in [0.25, 0.3) is 0 Å². The highest BCUT2D eigenvalue weighted by Crippen LogP contribution is 2.33. The van der Waals surface area contributed by atoms with Crippen LogP contribution in [0.5, 0.6) is 0 Å². The molecule has 0 saturated carbocycles. The number of benzene rings is 2. The van der Waals surface area contributed by atoms with E-state index in [9.17, 15) is 9.59 Å². The Bertz CT molecular complexity index is 836. The Labute approximate surface area is 150 Å². The number of nitrogens with one attached hydrogen (secondary N) is 1. The second-order valence-electron chi connectivity index (χ2n) is 5.88. The number of anilines is 2. The molecule has 6 heteroatoms. The first-order chi connectivity index (χ1) is 11.4. The molecule has 1 aliphatic rings. The molecule has 1 atom stereocenters. The molecule has 1 N–H and O–H groups in total. The van der Waals surface area contributed by atoms with Crippen molar-refractivity contribution < 1.29 is 9.59 Å². The summed E-state index contributed by atoms with van der Waals surface area (Å²) in [5, 5.41) is 3.91. The van der Waals surface area contributed by atoms with E-state index in [4.69, 9.17) is 23.2 Å². The predicted octanol–water partition coefficient (Wildman–Crippen LogP) is 4.35. The third kappa shape index (κ3) is 3.12. The van der Waals surface area contributed by atoms with Gasteiger partial charge in [0.15, 0.2) is 0 Å². The first-order valence-corrected chi connectivity index (χ1v) is 8.28. The number of rotatable bonds is 3. The molecule has 124 valence electrons. The fourth-order valence-corrected chi connectivity index (χ4v) is 3.23. The first kappa shape index (κ1) is 16.8. The van der Waals surface area contributed by atoms with E-state index in [1.54, 1.807) is 12.1 Å². The van der Waals surface area contributed by atoms with E-state index >= 15 is 0 Å². The predicted molar refractivity (Wildman–Crippen MR) is 96.9 cm³/mol. The minimum Gasteiger partial charge on any atom is -0.373 e.